The fourth-order valence-electron chi connectivity index (χ4n) is 1.57. The number of ketones is 1. The van der Waals surface area contributed by atoms with Crippen LogP contribution in [0.4, 0.5) is 13.2 Å². The van der Waals surface area contributed by atoms with Gasteiger partial charge in [-0.3, -0.25) is 4.79 Å². The first-order chi connectivity index (χ1) is 8.30. The number of halogens is 3. The standard InChI is InChI=1S/C13H15F3O2/c1-9(17)11-7-5-10(6-8-11)3-2-4-12(18)13(14,15)16/h5-8,12,18H,2-4H2,1H3. The quantitative estimate of drug-likeness (QED) is 0.826. The SMILES string of the molecule is CC(=O)c1ccc(CCCC(O)C(F)(F)F)cc1. The lowest BCUT2D eigenvalue weighted by atomic mass is 10.0. The summed E-state index contributed by atoms with van der Waals surface area (Å²) < 4.78 is 36.1. The van der Waals surface area contributed by atoms with Gasteiger partial charge in [0.1, 0.15) is 6.10 Å². The van der Waals surface area contributed by atoms with E-state index in [0.29, 0.717) is 12.0 Å². The number of hydrogen-bond donors (Lipinski definition) is 1. The van der Waals surface area contributed by atoms with Crippen molar-refractivity contribution < 1.29 is 23.1 Å². The molecule has 1 aromatic rings. The topological polar surface area (TPSA) is 37.3 Å². The number of Topliss-reactive ketones (excluding diaryl/α,β-unsaturated/α-hetero) is 1. The lowest BCUT2D eigenvalue weighted by Crippen LogP contribution is -2.28. The summed E-state index contributed by atoms with van der Waals surface area (Å²) in [6.07, 6.45) is -6.41. The molecule has 1 unspecified atom stereocenters. The first kappa shape index (κ1) is 14.7. The lowest BCUT2D eigenvalue weighted by Gasteiger charge is -2.13. The van der Waals surface area contributed by atoms with Gasteiger partial charge >= 0.3 is 6.18 Å². The van der Waals surface area contributed by atoms with Crippen LogP contribution < -0.4 is 0 Å². The number of hydrogen-bond acceptors (Lipinski definition) is 2. The summed E-state index contributed by atoms with van der Waals surface area (Å²) in [5.41, 5.74) is 1.43. The van der Waals surface area contributed by atoms with E-state index in [1.54, 1.807) is 24.3 Å². The van der Waals surface area contributed by atoms with Gasteiger partial charge in [-0.25, -0.2) is 0 Å². The summed E-state index contributed by atoms with van der Waals surface area (Å²) in [6, 6.07) is 6.74. The maximum atomic E-state index is 12.0. The molecule has 18 heavy (non-hydrogen) atoms. The molecule has 0 spiro atoms. The van der Waals surface area contributed by atoms with E-state index in [1.165, 1.54) is 6.92 Å². The molecule has 1 N–H and O–H groups in total. The summed E-state index contributed by atoms with van der Waals surface area (Å²) >= 11 is 0. The van der Waals surface area contributed by atoms with Crippen LogP contribution in [0.3, 0.4) is 0 Å². The van der Waals surface area contributed by atoms with E-state index in [0.717, 1.165) is 5.56 Å². The number of aliphatic hydroxyl groups is 1. The Morgan fingerprint density at radius 3 is 2.28 bits per heavy atom. The summed E-state index contributed by atoms with van der Waals surface area (Å²) in [5, 5.41) is 8.81. The molecule has 100 valence electrons. The Morgan fingerprint density at radius 2 is 1.83 bits per heavy atom. The van der Waals surface area contributed by atoms with Crippen molar-refractivity contribution in [2.24, 2.45) is 0 Å². The van der Waals surface area contributed by atoms with Gasteiger partial charge in [-0.15, -0.1) is 0 Å². The van der Waals surface area contributed by atoms with Gasteiger partial charge in [-0.05, 0) is 31.7 Å². The predicted octanol–water partition coefficient (Wildman–Crippen LogP) is 3.14. The molecule has 0 fully saturated rings. The van der Waals surface area contributed by atoms with Gasteiger partial charge in [0.15, 0.2) is 5.78 Å². The maximum Gasteiger partial charge on any atom is 0.414 e. The van der Waals surface area contributed by atoms with Crippen LogP contribution in [0.5, 0.6) is 0 Å². The number of aliphatic hydroxyl groups excluding tert-OH is 1. The van der Waals surface area contributed by atoms with Crippen LogP contribution >= 0.6 is 0 Å². The Hall–Kier alpha value is -1.36. The lowest BCUT2D eigenvalue weighted by molar-refractivity contribution is -0.205. The second-order valence-corrected chi connectivity index (χ2v) is 4.20. The number of benzene rings is 1. The molecule has 0 radical (unpaired) electrons. The summed E-state index contributed by atoms with van der Waals surface area (Å²) in [5.74, 6) is -0.0472. The molecule has 0 saturated carbocycles. The van der Waals surface area contributed by atoms with Crippen LogP contribution in [0.25, 0.3) is 0 Å². The van der Waals surface area contributed by atoms with E-state index in [-0.39, 0.29) is 18.6 Å². The molecule has 1 aromatic carbocycles. The van der Waals surface area contributed by atoms with Gasteiger partial charge < -0.3 is 5.11 Å². The van der Waals surface area contributed by atoms with E-state index in [9.17, 15) is 18.0 Å². The summed E-state index contributed by atoms with van der Waals surface area (Å²) in [4.78, 5) is 11.0. The van der Waals surface area contributed by atoms with Crippen LogP contribution in [0.1, 0.15) is 35.7 Å². The number of carbonyl (C=O) groups excluding carboxylic acids is 1. The minimum absolute atomic E-state index is 0.0472. The molecule has 0 bridgehead atoms. The first-order valence-electron chi connectivity index (χ1n) is 5.65. The zero-order chi connectivity index (χ0) is 13.8. The van der Waals surface area contributed by atoms with Crippen LogP contribution in [0.2, 0.25) is 0 Å². The fraction of sp³-hybridized carbons (Fsp3) is 0.462. The Labute approximate surface area is 103 Å². The zero-order valence-corrected chi connectivity index (χ0v) is 10.00. The highest BCUT2D eigenvalue weighted by atomic mass is 19.4. The van der Waals surface area contributed by atoms with Gasteiger partial charge in [0, 0.05) is 5.56 Å². The average molecular weight is 260 g/mol. The highest BCUT2D eigenvalue weighted by molar-refractivity contribution is 5.93. The molecule has 0 aliphatic carbocycles. The number of aryl methyl sites for hydroxylation is 1. The molecule has 0 aliphatic heterocycles. The van der Waals surface area contributed by atoms with Gasteiger partial charge in [0.25, 0.3) is 0 Å². The van der Waals surface area contributed by atoms with E-state index in [2.05, 4.69) is 0 Å². The van der Waals surface area contributed by atoms with E-state index < -0.39 is 12.3 Å². The van der Waals surface area contributed by atoms with Gasteiger partial charge in [0.05, 0.1) is 0 Å². The molecule has 0 heterocycles. The Balaban J connectivity index is 2.43. The predicted molar refractivity (Wildman–Crippen MR) is 61.4 cm³/mol. The van der Waals surface area contributed by atoms with Crippen LogP contribution in [-0.4, -0.2) is 23.2 Å². The third-order valence-corrected chi connectivity index (χ3v) is 2.68. The van der Waals surface area contributed by atoms with Crippen molar-refractivity contribution in [2.75, 3.05) is 0 Å². The van der Waals surface area contributed by atoms with Crippen molar-refractivity contribution in [1.29, 1.82) is 0 Å². The highest BCUT2D eigenvalue weighted by Crippen LogP contribution is 2.23. The van der Waals surface area contributed by atoms with Crippen molar-refractivity contribution in [2.45, 2.75) is 38.5 Å². The largest absolute Gasteiger partial charge is 0.414 e. The first-order valence-corrected chi connectivity index (χ1v) is 5.65. The molecule has 5 heteroatoms. The Bertz CT molecular complexity index is 396. The molecule has 0 saturated heterocycles. The van der Waals surface area contributed by atoms with E-state index >= 15 is 0 Å². The monoisotopic (exact) mass is 260 g/mol. The van der Waals surface area contributed by atoms with E-state index in [4.69, 9.17) is 5.11 Å². The normalized spacial score (nSPS) is 13.4. The van der Waals surface area contributed by atoms with Crippen LogP contribution in [0, 0.1) is 0 Å². The molecule has 1 atom stereocenters. The van der Waals surface area contributed by atoms with Crippen molar-refractivity contribution in [1.82, 2.24) is 0 Å². The van der Waals surface area contributed by atoms with Crippen LogP contribution in [-0.2, 0) is 6.42 Å². The maximum absolute atomic E-state index is 12.0. The average Bonchev–Trinajstić information content (AvgIpc) is 2.28. The number of alkyl halides is 3. The number of carbonyl (C=O) groups is 1. The Morgan fingerprint density at radius 1 is 1.28 bits per heavy atom. The van der Waals surface area contributed by atoms with Crippen molar-refractivity contribution in [3.63, 3.8) is 0 Å². The zero-order valence-electron chi connectivity index (χ0n) is 10.00. The third-order valence-electron chi connectivity index (χ3n) is 2.68. The third kappa shape index (κ3) is 4.49. The molecular weight excluding hydrogens is 245 g/mol. The smallest absolute Gasteiger partial charge is 0.384 e. The highest BCUT2D eigenvalue weighted by Gasteiger charge is 2.37. The Kier molecular flexibility index (Phi) is 4.90. The minimum atomic E-state index is -4.54. The van der Waals surface area contributed by atoms with Gasteiger partial charge in [-0.1, -0.05) is 24.3 Å². The minimum Gasteiger partial charge on any atom is -0.384 e. The second kappa shape index (κ2) is 6.00. The summed E-state index contributed by atoms with van der Waals surface area (Å²) in [7, 11) is 0. The molecular formula is C13H15F3O2. The second-order valence-electron chi connectivity index (χ2n) is 4.20. The molecule has 0 amide bonds. The fourth-order valence-corrected chi connectivity index (χ4v) is 1.57. The van der Waals surface area contributed by atoms with E-state index in [1.807, 2.05) is 0 Å². The molecule has 0 aromatic heterocycles. The molecule has 1 rings (SSSR count). The van der Waals surface area contributed by atoms with Crippen molar-refractivity contribution >= 4 is 5.78 Å². The van der Waals surface area contributed by atoms with Crippen molar-refractivity contribution in [3.05, 3.63) is 35.4 Å². The molecule has 2 nitrogen and oxygen atoms in total. The number of rotatable bonds is 5. The van der Waals surface area contributed by atoms with Crippen molar-refractivity contribution in [3.8, 4) is 0 Å². The van der Waals surface area contributed by atoms with Gasteiger partial charge in [-0.2, -0.15) is 13.2 Å². The van der Waals surface area contributed by atoms with Crippen LogP contribution in [0.15, 0.2) is 24.3 Å². The molecule has 0 aliphatic rings. The summed E-state index contributed by atoms with van der Waals surface area (Å²) in [6.45, 7) is 1.45. The van der Waals surface area contributed by atoms with Gasteiger partial charge in [0.2, 0.25) is 0 Å².